The molecule has 12 heavy (non-hydrogen) atoms. The molecular weight excluding hydrogens is 144 g/mol. The van der Waals surface area contributed by atoms with Crippen LogP contribution in [0.3, 0.4) is 0 Å². The van der Waals surface area contributed by atoms with Crippen LogP contribution in [0.25, 0.3) is 5.57 Å². The topological polar surface area (TPSA) is 0 Å². The molecule has 0 saturated carbocycles. The van der Waals surface area contributed by atoms with Crippen LogP contribution in [-0.4, -0.2) is 0 Å². The highest BCUT2D eigenvalue weighted by Crippen LogP contribution is 2.35. The highest BCUT2D eigenvalue weighted by Gasteiger charge is 2.14. The minimum Gasteiger partial charge on any atom is -0.0760 e. The van der Waals surface area contributed by atoms with Crippen LogP contribution in [0.5, 0.6) is 0 Å². The lowest BCUT2D eigenvalue weighted by Crippen LogP contribution is -1.89. The maximum Gasteiger partial charge on any atom is -0.00882 e. The molecule has 1 aliphatic rings. The quantitative estimate of drug-likeness (QED) is 0.587. The Morgan fingerprint density at radius 2 is 1.50 bits per heavy atom. The second-order valence-electron chi connectivity index (χ2n) is 3.71. The first-order chi connectivity index (χ1) is 5.68. The standard InChI is InChI=1S/C12H14/c1-8-6-9(2)12(10(3)7-8)11-4-5-11/h4,6-7H,5H2,1-3H3. The van der Waals surface area contributed by atoms with Crippen LogP contribution in [0.15, 0.2) is 18.2 Å². The Bertz CT molecular complexity index is 333. The molecule has 2 rings (SSSR count). The van der Waals surface area contributed by atoms with Gasteiger partial charge in [0.1, 0.15) is 0 Å². The summed E-state index contributed by atoms with van der Waals surface area (Å²) in [4.78, 5) is 0. The summed E-state index contributed by atoms with van der Waals surface area (Å²) in [6, 6.07) is 4.53. The Morgan fingerprint density at radius 1 is 1.00 bits per heavy atom. The molecule has 0 radical (unpaired) electrons. The van der Waals surface area contributed by atoms with Gasteiger partial charge in [0.25, 0.3) is 0 Å². The third kappa shape index (κ3) is 1.18. The van der Waals surface area contributed by atoms with Gasteiger partial charge in [0.05, 0.1) is 0 Å². The van der Waals surface area contributed by atoms with Gasteiger partial charge < -0.3 is 0 Å². The van der Waals surface area contributed by atoms with E-state index in [1.165, 1.54) is 34.2 Å². The van der Waals surface area contributed by atoms with E-state index in [1.54, 1.807) is 0 Å². The van der Waals surface area contributed by atoms with Crippen LogP contribution < -0.4 is 0 Å². The number of hydrogen-bond donors (Lipinski definition) is 0. The van der Waals surface area contributed by atoms with Gasteiger partial charge in [-0.15, -0.1) is 0 Å². The van der Waals surface area contributed by atoms with Crippen molar-refractivity contribution in [3.8, 4) is 0 Å². The summed E-state index contributed by atoms with van der Waals surface area (Å²) in [5, 5.41) is 0. The normalized spacial score (nSPS) is 14.4. The Labute approximate surface area is 73.9 Å². The van der Waals surface area contributed by atoms with E-state index in [1.807, 2.05) is 0 Å². The van der Waals surface area contributed by atoms with E-state index in [9.17, 15) is 0 Å². The van der Waals surface area contributed by atoms with Crippen LogP contribution in [0, 0.1) is 20.8 Å². The van der Waals surface area contributed by atoms with Crippen LogP contribution in [0.4, 0.5) is 0 Å². The molecule has 0 N–H and O–H groups in total. The van der Waals surface area contributed by atoms with Crippen molar-refractivity contribution in [2.45, 2.75) is 27.2 Å². The van der Waals surface area contributed by atoms with Gasteiger partial charge in [0.15, 0.2) is 0 Å². The molecule has 0 heterocycles. The highest BCUT2D eigenvalue weighted by molar-refractivity contribution is 5.81. The highest BCUT2D eigenvalue weighted by atomic mass is 14.2. The predicted molar refractivity (Wildman–Crippen MR) is 53.2 cm³/mol. The summed E-state index contributed by atoms with van der Waals surface area (Å²) in [6.45, 7) is 6.56. The van der Waals surface area contributed by atoms with Gasteiger partial charge in [0.2, 0.25) is 0 Å². The Balaban J connectivity index is 2.59. The SMILES string of the molecule is Cc1cc(C)c(C2=CC2)c(C)c1. The van der Waals surface area contributed by atoms with E-state index in [4.69, 9.17) is 0 Å². The second-order valence-corrected chi connectivity index (χ2v) is 3.71. The largest absolute Gasteiger partial charge is 0.0760 e. The van der Waals surface area contributed by atoms with Crippen LogP contribution in [0.2, 0.25) is 0 Å². The predicted octanol–water partition coefficient (Wildman–Crippen LogP) is 3.40. The van der Waals surface area contributed by atoms with Gasteiger partial charge in [0, 0.05) is 0 Å². The van der Waals surface area contributed by atoms with Crippen LogP contribution in [-0.2, 0) is 0 Å². The summed E-state index contributed by atoms with van der Waals surface area (Å²) in [6.07, 6.45) is 3.50. The lowest BCUT2D eigenvalue weighted by Gasteiger charge is -2.07. The zero-order valence-electron chi connectivity index (χ0n) is 7.94. The van der Waals surface area contributed by atoms with E-state index in [0.29, 0.717) is 0 Å². The molecule has 0 fully saturated rings. The van der Waals surface area contributed by atoms with Crippen molar-refractivity contribution < 1.29 is 0 Å². The van der Waals surface area contributed by atoms with Crippen molar-refractivity contribution in [3.63, 3.8) is 0 Å². The minimum absolute atomic E-state index is 1.20. The van der Waals surface area contributed by atoms with Crippen LogP contribution >= 0.6 is 0 Å². The first-order valence-electron chi connectivity index (χ1n) is 4.46. The molecule has 0 bridgehead atoms. The van der Waals surface area contributed by atoms with Gasteiger partial charge in [-0.3, -0.25) is 0 Å². The van der Waals surface area contributed by atoms with Gasteiger partial charge in [-0.2, -0.15) is 0 Å². The van der Waals surface area contributed by atoms with Crippen molar-refractivity contribution in [1.29, 1.82) is 0 Å². The fourth-order valence-electron chi connectivity index (χ4n) is 1.94. The van der Waals surface area contributed by atoms with E-state index in [0.717, 1.165) is 0 Å². The third-order valence-corrected chi connectivity index (χ3v) is 2.41. The van der Waals surface area contributed by atoms with Crippen LogP contribution in [0.1, 0.15) is 28.7 Å². The number of benzene rings is 1. The summed E-state index contributed by atoms with van der Waals surface area (Å²) in [5.41, 5.74) is 7.24. The number of rotatable bonds is 1. The first-order valence-corrected chi connectivity index (χ1v) is 4.46. The molecule has 0 atom stereocenters. The third-order valence-electron chi connectivity index (χ3n) is 2.41. The molecule has 0 nitrogen and oxygen atoms in total. The zero-order chi connectivity index (χ0) is 8.72. The van der Waals surface area contributed by atoms with Crippen molar-refractivity contribution >= 4 is 5.57 Å². The second kappa shape index (κ2) is 2.48. The molecule has 62 valence electrons. The first kappa shape index (κ1) is 7.60. The average Bonchev–Trinajstić information content (AvgIpc) is 2.68. The number of allylic oxidation sites excluding steroid dienone is 2. The van der Waals surface area contributed by atoms with Crippen molar-refractivity contribution in [2.24, 2.45) is 0 Å². The fraction of sp³-hybridized carbons (Fsp3) is 0.333. The Morgan fingerprint density at radius 3 is 1.92 bits per heavy atom. The molecule has 1 aliphatic carbocycles. The maximum atomic E-state index is 2.30. The Hall–Kier alpha value is -1.04. The monoisotopic (exact) mass is 158 g/mol. The van der Waals surface area contributed by atoms with Crippen molar-refractivity contribution in [3.05, 3.63) is 40.5 Å². The van der Waals surface area contributed by atoms with E-state index in [2.05, 4.69) is 39.0 Å². The van der Waals surface area contributed by atoms with Gasteiger partial charge in [-0.25, -0.2) is 0 Å². The lowest BCUT2D eigenvalue weighted by molar-refractivity contribution is 1.29. The van der Waals surface area contributed by atoms with Gasteiger partial charge in [-0.1, -0.05) is 23.8 Å². The molecule has 0 aliphatic heterocycles. The molecule has 0 spiro atoms. The van der Waals surface area contributed by atoms with Gasteiger partial charge in [-0.05, 0) is 49.5 Å². The number of hydrogen-bond acceptors (Lipinski definition) is 0. The van der Waals surface area contributed by atoms with E-state index in [-0.39, 0.29) is 0 Å². The summed E-state index contributed by atoms with van der Waals surface area (Å²) in [7, 11) is 0. The molecular formula is C12H14. The molecule has 0 amide bonds. The molecule has 0 heteroatoms. The summed E-state index contributed by atoms with van der Waals surface area (Å²) >= 11 is 0. The molecule has 1 aromatic rings. The smallest absolute Gasteiger partial charge is 0.00882 e. The van der Waals surface area contributed by atoms with E-state index >= 15 is 0 Å². The zero-order valence-corrected chi connectivity index (χ0v) is 7.94. The van der Waals surface area contributed by atoms with Crippen molar-refractivity contribution in [2.75, 3.05) is 0 Å². The average molecular weight is 158 g/mol. The fourth-order valence-corrected chi connectivity index (χ4v) is 1.94. The summed E-state index contributed by atoms with van der Waals surface area (Å²) < 4.78 is 0. The molecule has 0 unspecified atom stereocenters. The number of aryl methyl sites for hydroxylation is 3. The van der Waals surface area contributed by atoms with Crippen molar-refractivity contribution in [1.82, 2.24) is 0 Å². The maximum absolute atomic E-state index is 2.30. The molecule has 0 saturated heterocycles. The summed E-state index contributed by atoms with van der Waals surface area (Å²) in [5.74, 6) is 0. The Kier molecular flexibility index (Phi) is 1.57. The lowest BCUT2D eigenvalue weighted by atomic mass is 9.98. The minimum atomic E-state index is 1.20. The van der Waals surface area contributed by atoms with E-state index < -0.39 is 0 Å². The molecule has 0 aromatic heterocycles. The van der Waals surface area contributed by atoms with Gasteiger partial charge >= 0.3 is 0 Å². The molecule has 1 aromatic carbocycles.